The smallest absolute Gasteiger partial charge is 0.329 e. The second kappa shape index (κ2) is 5.17. The van der Waals surface area contributed by atoms with Crippen molar-refractivity contribution in [3.8, 4) is 11.1 Å². The minimum Gasteiger partial charge on any atom is -0.467 e. The number of nitrogens with zero attached hydrogens (tertiary/aromatic N) is 1. The molecule has 2 aromatic rings. The Hall–Kier alpha value is -2.01. The van der Waals surface area contributed by atoms with E-state index in [2.05, 4.69) is 0 Å². The van der Waals surface area contributed by atoms with Crippen LogP contribution < -0.4 is 5.56 Å². The van der Waals surface area contributed by atoms with E-state index in [-0.39, 0.29) is 11.5 Å². The van der Waals surface area contributed by atoms with E-state index in [0.717, 1.165) is 16.2 Å². The summed E-state index contributed by atoms with van der Waals surface area (Å²) in [7, 11) is 1.34. The van der Waals surface area contributed by atoms with E-state index in [1.807, 2.05) is 36.4 Å². The Balaban J connectivity index is 2.08. The molecule has 0 fully saturated rings. The third kappa shape index (κ3) is 2.14. The molecule has 0 aliphatic carbocycles. The second-order valence-corrected chi connectivity index (χ2v) is 5.55. The Labute approximate surface area is 120 Å². The van der Waals surface area contributed by atoms with Crippen LogP contribution in [-0.4, -0.2) is 23.4 Å². The number of fused-ring (bicyclic) bond motifs is 1. The van der Waals surface area contributed by atoms with Crippen LogP contribution in [0.1, 0.15) is 6.04 Å². The van der Waals surface area contributed by atoms with E-state index < -0.39 is 6.04 Å². The van der Waals surface area contributed by atoms with Gasteiger partial charge in [-0.3, -0.25) is 9.36 Å². The number of methoxy groups -OCH3 is 1. The van der Waals surface area contributed by atoms with Gasteiger partial charge in [0.1, 0.15) is 6.04 Å². The summed E-state index contributed by atoms with van der Waals surface area (Å²) in [5, 5.41) is 0.812. The van der Waals surface area contributed by atoms with Gasteiger partial charge < -0.3 is 4.74 Å². The molecule has 0 bridgehead atoms. The van der Waals surface area contributed by atoms with Crippen molar-refractivity contribution in [2.24, 2.45) is 0 Å². The van der Waals surface area contributed by atoms with Gasteiger partial charge in [-0.05, 0) is 17.2 Å². The number of carbonyl (C=O) groups excluding carboxylic acids is 1. The van der Waals surface area contributed by atoms with Gasteiger partial charge in [-0.1, -0.05) is 30.3 Å². The molecule has 0 saturated heterocycles. The number of pyridine rings is 1. The highest BCUT2D eigenvalue weighted by Gasteiger charge is 2.30. The first-order chi connectivity index (χ1) is 9.70. The number of hydrogen-bond donors (Lipinski definition) is 0. The van der Waals surface area contributed by atoms with Crippen molar-refractivity contribution in [3.63, 3.8) is 0 Å². The molecule has 0 unspecified atom stereocenters. The van der Waals surface area contributed by atoms with Crippen molar-refractivity contribution in [1.29, 1.82) is 0 Å². The normalized spacial score (nSPS) is 16.8. The molecule has 0 radical (unpaired) electrons. The molecule has 1 aliphatic heterocycles. The zero-order valence-corrected chi connectivity index (χ0v) is 11.7. The van der Waals surface area contributed by atoms with Gasteiger partial charge in [-0.2, -0.15) is 0 Å². The summed E-state index contributed by atoms with van der Waals surface area (Å²) in [6.07, 6.45) is 0. The summed E-state index contributed by atoms with van der Waals surface area (Å²) in [5.74, 6) is 0.172. The van der Waals surface area contributed by atoms with Crippen molar-refractivity contribution < 1.29 is 9.53 Å². The zero-order valence-electron chi connectivity index (χ0n) is 10.9. The van der Waals surface area contributed by atoms with E-state index in [1.54, 1.807) is 6.07 Å². The van der Waals surface area contributed by atoms with E-state index in [4.69, 9.17) is 4.74 Å². The standard InChI is InChI=1S/C15H13NO3S/c1-19-15(18)12-9-20-14-8-11(7-13(17)16(12)14)10-5-3-2-4-6-10/h2-8,12H,9H2,1H3/t12-/m0/s1. The molecule has 1 aromatic carbocycles. The number of esters is 1. The minimum atomic E-state index is -0.516. The molecule has 1 atom stereocenters. The number of carbonyl (C=O) groups is 1. The molecule has 3 rings (SSSR count). The molecule has 0 N–H and O–H groups in total. The zero-order chi connectivity index (χ0) is 14.1. The number of hydrogen-bond acceptors (Lipinski definition) is 4. The van der Waals surface area contributed by atoms with Gasteiger partial charge in [0, 0.05) is 11.8 Å². The quantitative estimate of drug-likeness (QED) is 0.795. The molecule has 20 heavy (non-hydrogen) atoms. The lowest BCUT2D eigenvalue weighted by atomic mass is 10.1. The minimum absolute atomic E-state index is 0.165. The van der Waals surface area contributed by atoms with Crippen molar-refractivity contribution in [2.45, 2.75) is 11.1 Å². The predicted octanol–water partition coefficient (Wildman–Crippen LogP) is 2.34. The maximum atomic E-state index is 12.3. The van der Waals surface area contributed by atoms with E-state index in [0.29, 0.717) is 5.75 Å². The highest BCUT2D eigenvalue weighted by molar-refractivity contribution is 7.99. The van der Waals surface area contributed by atoms with Crippen molar-refractivity contribution in [2.75, 3.05) is 12.9 Å². The Morgan fingerprint density at radius 2 is 2.00 bits per heavy atom. The van der Waals surface area contributed by atoms with E-state index in [1.165, 1.54) is 23.4 Å². The maximum Gasteiger partial charge on any atom is 0.329 e. The van der Waals surface area contributed by atoms with Crippen LogP contribution in [-0.2, 0) is 9.53 Å². The first-order valence-corrected chi connectivity index (χ1v) is 7.22. The van der Waals surface area contributed by atoms with Crippen LogP contribution in [0.15, 0.2) is 52.3 Å². The van der Waals surface area contributed by atoms with Crippen LogP contribution >= 0.6 is 11.8 Å². The third-order valence-corrected chi connectivity index (χ3v) is 4.41. The first kappa shape index (κ1) is 13.0. The number of aromatic nitrogens is 1. The van der Waals surface area contributed by atoms with Crippen molar-refractivity contribution >= 4 is 17.7 Å². The van der Waals surface area contributed by atoms with E-state index >= 15 is 0 Å². The van der Waals surface area contributed by atoms with Gasteiger partial charge in [0.05, 0.1) is 12.1 Å². The second-order valence-electron chi connectivity index (χ2n) is 4.51. The Bertz CT molecular complexity index is 709. The topological polar surface area (TPSA) is 48.3 Å². The van der Waals surface area contributed by atoms with Crippen molar-refractivity contribution in [3.05, 3.63) is 52.8 Å². The average Bonchev–Trinajstić information content (AvgIpc) is 2.92. The van der Waals surface area contributed by atoms with Gasteiger partial charge in [0.25, 0.3) is 5.56 Å². The fourth-order valence-electron chi connectivity index (χ4n) is 2.32. The summed E-state index contributed by atoms with van der Waals surface area (Å²) >= 11 is 1.50. The lowest BCUT2D eigenvalue weighted by molar-refractivity contribution is -0.143. The summed E-state index contributed by atoms with van der Waals surface area (Å²) in [5.41, 5.74) is 1.71. The average molecular weight is 287 g/mol. The molecule has 1 aliphatic rings. The van der Waals surface area contributed by atoms with E-state index in [9.17, 15) is 9.59 Å². The van der Waals surface area contributed by atoms with Gasteiger partial charge in [0.2, 0.25) is 0 Å². The number of rotatable bonds is 2. The van der Waals surface area contributed by atoms with Crippen LogP contribution in [0, 0.1) is 0 Å². The molecule has 5 heteroatoms. The largest absolute Gasteiger partial charge is 0.467 e. The molecule has 0 amide bonds. The fraction of sp³-hybridized carbons (Fsp3) is 0.200. The maximum absolute atomic E-state index is 12.3. The number of thioether (sulfide) groups is 1. The van der Waals surface area contributed by atoms with Gasteiger partial charge >= 0.3 is 5.97 Å². The SMILES string of the molecule is COC(=O)[C@@H]1CSc2cc(-c3ccccc3)cc(=O)n21. The lowest BCUT2D eigenvalue weighted by Crippen LogP contribution is -2.29. The molecule has 1 aromatic heterocycles. The number of ether oxygens (including phenoxy) is 1. The molecular weight excluding hydrogens is 274 g/mol. The molecule has 0 saturated carbocycles. The van der Waals surface area contributed by atoms with Gasteiger partial charge in [0.15, 0.2) is 0 Å². The van der Waals surface area contributed by atoms with Gasteiger partial charge in [-0.25, -0.2) is 4.79 Å². The van der Waals surface area contributed by atoms with Gasteiger partial charge in [-0.15, -0.1) is 11.8 Å². The monoisotopic (exact) mass is 287 g/mol. The van der Waals surface area contributed by atoms with Crippen LogP contribution in [0.2, 0.25) is 0 Å². The first-order valence-electron chi connectivity index (χ1n) is 6.23. The molecular formula is C15H13NO3S. The highest BCUT2D eigenvalue weighted by atomic mass is 32.2. The number of benzene rings is 1. The van der Waals surface area contributed by atoms with Crippen LogP contribution in [0.3, 0.4) is 0 Å². The van der Waals surface area contributed by atoms with Crippen LogP contribution in [0.5, 0.6) is 0 Å². The Kier molecular flexibility index (Phi) is 3.36. The highest BCUT2D eigenvalue weighted by Crippen LogP contribution is 2.34. The third-order valence-electron chi connectivity index (χ3n) is 3.31. The summed E-state index contributed by atoms with van der Waals surface area (Å²) in [6.45, 7) is 0. The Morgan fingerprint density at radius 1 is 1.25 bits per heavy atom. The van der Waals surface area contributed by atoms with Crippen LogP contribution in [0.4, 0.5) is 0 Å². The molecule has 102 valence electrons. The Morgan fingerprint density at radius 3 is 2.70 bits per heavy atom. The fourth-order valence-corrected chi connectivity index (χ4v) is 3.50. The molecule has 2 heterocycles. The molecule has 4 nitrogen and oxygen atoms in total. The molecule has 0 spiro atoms. The summed E-state index contributed by atoms with van der Waals surface area (Å²) < 4.78 is 6.27. The lowest BCUT2D eigenvalue weighted by Gasteiger charge is -2.12. The van der Waals surface area contributed by atoms with Crippen molar-refractivity contribution in [1.82, 2.24) is 4.57 Å². The summed E-state index contributed by atoms with van der Waals surface area (Å²) in [6, 6.07) is 12.7. The predicted molar refractivity (Wildman–Crippen MR) is 77.9 cm³/mol. The van der Waals surface area contributed by atoms with Crippen LogP contribution in [0.25, 0.3) is 11.1 Å². The summed E-state index contributed by atoms with van der Waals surface area (Å²) in [4.78, 5) is 24.0.